The molecule has 0 saturated heterocycles. The molecule has 56 valence electrons. The molecule has 0 amide bonds. The third-order valence-electron chi connectivity index (χ3n) is 0.817. The molecule has 1 heterocycles. The summed E-state index contributed by atoms with van der Waals surface area (Å²) in [6, 6.07) is 0. The Balaban J connectivity index is 3.17. The van der Waals surface area contributed by atoms with Crippen LogP contribution in [-0.4, -0.2) is 8.76 Å². The minimum atomic E-state index is -2.02. The lowest BCUT2D eigenvalue weighted by Gasteiger charge is -1.87. The van der Waals surface area contributed by atoms with Gasteiger partial charge in [-0.15, -0.1) is 11.3 Å². The molecule has 0 aliphatic carbocycles. The summed E-state index contributed by atoms with van der Waals surface area (Å²) in [6.45, 7) is 0. The Labute approximate surface area is 74.1 Å². The molecule has 1 unspecified atom stereocenters. The maximum absolute atomic E-state index is 10.4. The van der Waals surface area contributed by atoms with Crippen LogP contribution in [0, 0.1) is 0 Å². The minimum absolute atomic E-state index is 0.174. The van der Waals surface area contributed by atoms with E-state index in [9.17, 15) is 4.21 Å². The highest BCUT2D eigenvalue weighted by atomic mass is 35.5. The lowest BCUT2D eigenvalue weighted by atomic mass is 10.7. The summed E-state index contributed by atoms with van der Waals surface area (Å²) >= 11 is 10.1. The molecule has 0 aliphatic heterocycles. The van der Waals surface area contributed by atoms with E-state index in [1.807, 2.05) is 0 Å². The second kappa shape index (κ2) is 3.19. The fourth-order valence-corrected chi connectivity index (χ4v) is 2.49. The van der Waals surface area contributed by atoms with Crippen LogP contribution in [0.25, 0.3) is 0 Å². The third kappa shape index (κ3) is 1.52. The zero-order chi connectivity index (χ0) is 7.72. The molecule has 10 heavy (non-hydrogen) atoms. The van der Waals surface area contributed by atoms with Crippen LogP contribution in [0.4, 0.5) is 0 Å². The highest BCUT2D eigenvalue weighted by Gasteiger charge is 2.11. The van der Waals surface area contributed by atoms with Crippen LogP contribution in [0.2, 0.25) is 10.0 Å². The van der Waals surface area contributed by atoms with Crippen molar-refractivity contribution in [3.8, 4) is 0 Å². The van der Waals surface area contributed by atoms with Crippen LogP contribution >= 0.6 is 34.5 Å². The first kappa shape index (κ1) is 8.49. The van der Waals surface area contributed by atoms with Crippen LogP contribution < -0.4 is 0 Å². The molecule has 0 fully saturated rings. The summed E-state index contributed by atoms with van der Waals surface area (Å²) in [5.74, 6) is 0. The molecular weight excluding hydrogens is 215 g/mol. The molecule has 0 aliphatic rings. The third-order valence-corrected chi connectivity index (χ3v) is 3.97. The molecule has 0 bridgehead atoms. The SMILES string of the molecule is O=S(O)c1scc(Cl)c1Cl. The topological polar surface area (TPSA) is 37.3 Å². The highest BCUT2D eigenvalue weighted by molar-refractivity contribution is 7.82. The fraction of sp³-hybridized carbons (Fsp3) is 0. The maximum atomic E-state index is 10.4. The minimum Gasteiger partial charge on any atom is -0.302 e. The molecular formula is C4H2Cl2O2S2. The second-order valence-electron chi connectivity index (χ2n) is 1.43. The van der Waals surface area contributed by atoms with Crippen molar-refractivity contribution in [1.29, 1.82) is 0 Å². The Morgan fingerprint density at radius 3 is 2.40 bits per heavy atom. The predicted octanol–water partition coefficient (Wildman–Crippen LogP) is 2.64. The summed E-state index contributed by atoms with van der Waals surface area (Å²) in [4.78, 5) is 0. The molecule has 1 atom stereocenters. The zero-order valence-corrected chi connectivity index (χ0v) is 7.65. The van der Waals surface area contributed by atoms with Crippen molar-refractivity contribution in [3.63, 3.8) is 0 Å². The average Bonchev–Trinajstić information content (AvgIpc) is 2.14. The van der Waals surface area contributed by atoms with Crippen LogP contribution in [0.3, 0.4) is 0 Å². The van der Waals surface area contributed by atoms with Gasteiger partial charge in [-0.3, -0.25) is 0 Å². The normalized spacial score (nSPS) is 13.5. The first-order valence-electron chi connectivity index (χ1n) is 2.16. The van der Waals surface area contributed by atoms with Gasteiger partial charge in [0.1, 0.15) is 4.21 Å². The van der Waals surface area contributed by atoms with Crippen molar-refractivity contribution < 1.29 is 8.76 Å². The molecule has 0 radical (unpaired) electrons. The van der Waals surface area contributed by atoms with E-state index in [1.54, 1.807) is 0 Å². The van der Waals surface area contributed by atoms with E-state index in [0.717, 1.165) is 11.3 Å². The molecule has 1 N–H and O–H groups in total. The van der Waals surface area contributed by atoms with Gasteiger partial charge in [-0.05, 0) is 0 Å². The Hall–Kier alpha value is 0.390. The van der Waals surface area contributed by atoms with E-state index < -0.39 is 11.1 Å². The molecule has 2 nitrogen and oxygen atoms in total. The summed E-state index contributed by atoms with van der Waals surface area (Å²) in [5.41, 5.74) is 0. The lowest BCUT2D eigenvalue weighted by Crippen LogP contribution is -1.82. The molecule has 0 spiro atoms. The number of halogens is 2. The first-order valence-corrected chi connectivity index (χ1v) is 4.90. The fourth-order valence-electron chi connectivity index (χ4n) is 0.424. The number of thiophene rings is 1. The maximum Gasteiger partial charge on any atom is 0.198 e. The van der Waals surface area contributed by atoms with Crippen LogP contribution in [0.1, 0.15) is 0 Å². The van der Waals surface area contributed by atoms with E-state index in [-0.39, 0.29) is 9.23 Å². The smallest absolute Gasteiger partial charge is 0.198 e. The van der Waals surface area contributed by atoms with Gasteiger partial charge in [0.15, 0.2) is 11.1 Å². The van der Waals surface area contributed by atoms with Gasteiger partial charge in [-0.25, -0.2) is 4.21 Å². The number of hydrogen-bond donors (Lipinski definition) is 1. The van der Waals surface area contributed by atoms with Crippen molar-refractivity contribution in [1.82, 2.24) is 0 Å². The summed E-state index contributed by atoms with van der Waals surface area (Å²) in [6.07, 6.45) is 0. The van der Waals surface area contributed by atoms with Gasteiger partial charge in [0.25, 0.3) is 0 Å². The van der Waals surface area contributed by atoms with Gasteiger partial charge in [-0.2, -0.15) is 0 Å². The van der Waals surface area contributed by atoms with E-state index in [2.05, 4.69) is 0 Å². The summed E-state index contributed by atoms with van der Waals surface area (Å²) in [5, 5.41) is 2.02. The molecule has 1 aromatic heterocycles. The molecule has 6 heteroatoms. The Morgan fingerprint density at radius 1 is 1.60 bits per heavy atom. The van der Waals surface area contributed by atoms with Gasteiger partial charge in [0, 0.05) is 5.38 Å². The summed E-state index contributed by atoms with van der Waals surface area (Å²) < 4.78 is 19.2. The number of rotatable bonds is 1. The van der Waals surface area contributed by atoms with Gasteiger partial charge in [-0.1, -0.05) is 23.2 Å². The van der Waals surface area contributed by atoms with Crippen molar-refractivity contribution >= 4 is 45.6 Å². The molecule has 0 aromatic carbocycles. The van der Waals surface area contributed by atoms with E-state index in [1.165, 1.54) is 5.38 Å². The Morgan fingerprint density at radius 2 is 2.20 bits per heavy atom. The average molecular weight is 217 g/mol. The zero-order valence-electron chi connectivity index (χ0n) is 4.51. The van der Waals surface area contributed by atoms with Gasteiger partial charge in [0.2, 0.25) is 0 Å². The Bertz CT molecular complexity index is 270. The van der Waals surface area contributed by atoms with E-state index in [4.69, 9.17) is 27.8 Å². The highest BCUT2D eigenvalue weighted by Crippen LogP contribution is 2.33. The monoisotopic (exact) mass is 216 g/mol. The molecule has 1 rings (SSSR count). The van der Waals surface area contributed by atoms with Crippen LogP contribution in [0.15, 0.2) is 9.59 Å². The van der Waals surface area contributed by atoms with Crippen LogP contribution in [-0.2, 0) is 11.1 Å². The van der Waals surface area contributed by atoms with E-state index in [0.29, 0.717) is 5.02 Å². The van der Waals surface area contributed by atoms with Crippen LogP contribution in [0.5, 0.6) is 0 Å². The predicted molar refractivity (Wildman–Crippen MR) is 43.4 cm³/mol. The lowest BCUT2D eigenvalue weighted by molar-refractivity contribution is 0.566. The second-order valence-corrected chi connectivity index (χ2v) is 4.26. The number of hydrogen-bond acceptors (Lipinski definition) is 2. The van der Waals surface area contributed by atoms with Crippen molar-refractivity contribution in [3.05, 3.63) is 15.4 Å². The van der Waals surface area contributed by atoms with Gasteiger partial charge >= 0.3 is 0 Å². The largest absolute Gasteiger partial charge is 0.302 e. The van der Waals surface area contributed by atoms with Crippen molar-refractivity contribution in [2.24, 2.45) is 0 Å². The first-order chi connectivity index (χ1) is 4.63. The van der Waals surface area contributed by atoms with Gasteiger partial charge < -0.3 is 4.55 Å². The quantitative estimate of drug-likeness (QED) is 0.734. The summed E-state index contributed by atoms with van der Waals surface area (Å²) in [7, 11) is 0. The van der Waals surface area contributed by atoms with Crippen molar-refractivity contribution in [2.45, 2.75) is 4.21 Å². The van der Waals surface area contributed by atoms with Crippen molar-refractivity contribution in [2.75, 3.05) is 0 Å². The standard InChI is InChI=1S/C4H2Cl2O2S2/c5-2-1-9-4(3(2)6)10(7)8/h1H,(H,7,8). The molecule has 0 saturated carbocycles. The van der Waals surface area contributed by atoms with E-state index >= 15 is 0 Å². The molecule has 1 aromatic rings. The Kier molecular flexibility index (Phi) is 2.71. The van der Waals surface area contributed by atoms with Gasteiger partial charge in [0.05, 0.1) is 10.0 Å².